The SMILES string of the molecule is Cn1cnc(S(=O)(=O)N(CCNC(=O)OC(C)(C)C)C2Cc3cc(-c4ccccc4)ccc3N(Cc3cncn3C)C2)c1. The van der Waals surface area contributed by atoms with Gasteiger partial charge in [0.25, 0.3) is 10.0 Å². The summed E-state index contributed by atoms with van der Waals surface area (Å²) >= 11 is 0. The topological polar surface area (TPSA) is 115 Å². The average Bonchev–Trinajstić information content (AvgIpc) is 3.58. The molecule has 4 aromatic rings. The predicted molar refractivity (Wildman–Crippen MR) is 165 cm³/mol. The van der Waals surface area contributed by atoms with E-state index in [2.05, 4.69) is 50.5 Å². The van der Waals surface area contributed by atoms with Crippen LogP contribution in [-0.4, -0.2) is 69.2 Å². The second kappa shape index (κ2) is 12.2. The number of amides is 1. The molecule has 5 rings (SSSR count). The Balaban J connectivity index is 1.50. The van der Waals surface area contributed by atoms with Gasteiger partial charge < -0.3 is 24.1 Å². The van der Waals surface area contributed by atoms with Crippen molar-refractivity contribution in [2.45, 2.75) is 50.4 Å². The van der Waals surface area contributed by atoms with Gasteiger partial charge >= 0.3 is 6.09 Å². The lowest BCUT2D eigenvalue weighted by Crippen LogP contribution is -2.52. The Hall–Kier alpha value is -4.16. The predicted octanol–water partition coefficient (Wildman–Crippen LogP) is 3.97. The molecule has 1 N–H and O–H groups in total. The van der Waals surface area contributed by atoms with Gasteiger partial charge in [0.05, 0.1) is 24.9 Å². The molecule has 2 aromatic heterocycles. The van der Waals surface area contributed by atoms with E-state index in [4.69, 9.17) is 4.74 Å². The highest BCUT2D eigenvalue weighted by molar-refractivity contribution is 7.89. The Morgan fingerprint density at radius 3 is 2.51 bits per heavy atom. The van der Waals surface area contributed by atoms with E-state index in [1.54, 1.807) is 38.7 Å². The van der Waals surface area contributed by atoms with Gasteiger partial charge in [-0.1, -0.05) is 36.4 Å². The molecule has 12 heteroatoms. The number of sulfonamides is 1. The third kappa shape index (κ3) is 7.08. The molecule has 0 saturated heterocycles. The van der Waals surface area contributed by atoms with Crippen molar-refractivity contribution in [1.29, 1.82) is 0 Å². The van der Waals surface area contributed by atoms with Gasteiger partial charge in [-0.15, -0.1) is 0 Å². The summed E-state index contributed by atoms with van der Waals surface area (Å²) in [6.07, 6.45) is 6.46. The van der Waals surface area contributed by atoms with Crippen LogP contribution in [-0.2, 0) is 41.8 Å². The molecule has 1 aliphatic heterocycles. The highest BCUT2D eigenvalue weighted by atomic mass is 32.2. The van der Waals surface area contributed by atoms with Crippen molar-refractivity contribution in [2.75, 3.05) is 24.5 Å². The van der Waals surface area contributed by atoms with E-state index in [1.165, 1.54) is 16.8 Å². The van der Waals surface area contributed by atoms with Crippen LogP contribution in [0.3, 0.4) is 0 Å². The number of alkyl carbamates (subject to hydrolysis) is 1. The van der Waals surface area contributed by atoms with Gasteiger partial charge in [-0.2, -0.15) is 4.31 Å². The number of nitrogens with zero attached hydrogens (tertiary/aromatic N) is 6. The van der Waals surface area contributed by atoms with Crippen molar-refractivity contribution in [1.82, 2.24) is 28.7 Å². The number of ether oxygens (including phenoxy) is 1. The number of imidazole rings is 2. The quantitative estimate of drug-likeness (QED) is 0.307. The fraction of sp³-hybridized carbons (Fsp3) is 0.387. The summed E-state index contributed by atoms with van der Waals surface area (Å²) in [5, 5.41) is 2.69. The van der Waals surface area contributed by atoms with Crippen molar-refractivity contribution >= 4 is 21.8 Å². The van der Waals surface area contributed by atoms with Gasteiger partial charge in [-0.05, 0) is 56.0 Å². The highest BCUT2D eigenvalue weighted by Crippen LogP contribution is 2.35. The standard InChI is InChI=1S/C31H39N7O4S/c1-31(2,3)42-30(39)33-13-14-38(43(40,41)29-20-35(4)22-34-29)26-16-25-15-24(23-9-7-6-8-10-23)11-12-28(25)37(18-26)19-27-17-32-21-36(27)5/h6-12,15,17,20-22,26H,13-14,16,18-19H2,1-5H3,(H,33,39). The van der Waals surface area contributed by atoms with Crippen LogP contribution in [0, 0.1) is 0 Å². The van der Waals surface area contributed by atoms with Gasteiger partial charge in [-0.3, -0.25) is 0 Å². The average molecular weight is 606 g/mol. The van der Waals surface area contributed by atoms with Gasteiger partial charge in [0.15, 0.2) is 5.03 Å². The van der Waals surface area contributed by atoms with Crippen molar-refractivity contribution in [3.63, 3.8) is 0 Å². The summed E-state index contributed by atoms with van der Waals surface area (Å²) in [5.41, 5.74) is 4.58. The maximum atomic E-state index is 14.1. The van der Waals surface area contributed by atoms with E-state index < -0.39 is 27.8 Å². The zero-order valence-corrected chi connectivity index (χ0v) is 26.1. The van der Waals surface area contributed by atoms with Crippen LogP contribution in [0.4, 0.5) is 10.5 Å². The number of hydrogen-bond acceptors (Lipinski definition) is 7. The monoisotopic (exact) mass is 605 g/mol. The third-order valence-electron chi connectivity index (χ3n) is 7.35. The van der Waals surface area contributed by atoms with E-state index >= 15 is 0 Å². The molecule has 1 amide bonds. The molecule has 3 heterocycles. The summed E-state index contributed by atoms with van der Waals surface area (Å²) in [4.78, 5) is 23.1. The molecular weight excluding hydrogens is 566 g/mol. The molecule has 0 fully saturated rings. The van der Waals surface area contributed by atoms with Crippen molar-refractivity contribution < 1.29 is 17.9 Å². The molecule has 0 saturated carbocycles. The number of anilines is 1. The lowest BCUT2D eigenvalue weighted by atomic mass is 9.93. The molecule has 0 radical (unpaired) electrons. The first-order valence-electron chi connectivity index (χ1n) is 14.3. The molecule has 0 spiro atoms. The van der Waals surface area contributed by atoms with Crippen LogP contribution >= 0.6 is 0 Å². The maximum absolute atomic E-state index is 14.1. The summed E-state index contributed by atoms with van der Waals surface area (Å²) in [5.74, 6) is 0. The number of carbonyl (C=O) groups is 1. The Morgan fingerprint density at radius 2 is 1.86 bits per heavy atom. The second-order valence-corrected chi connectivity index (χ2v) is 13.7. The zero-order valence-electron chi connectivity index (χ0n) is 25.3. The van der Waals surface area contributed by atoms with Crippen LogP contribution < -0.4 is 10.2 Å². The van der Waals surface area contributed by atoms with Gasteiger partial charge in [-0.25, -0.2) is 23.2 Å². The minimum atomic E-state index is -4.01. The number of hydrogen-bond donors (Lipinski definition) is 1. The normalized spacial score (nSPS) is 15.4. The molecule has 228 valence electrons. The summed E-state index contributed by atoms with van der Waals surface area (Å²) in [6.45, 7) is 6.48. The lowest BCUT2D eigenvalue weighted by molar-refractivity contribution is 0.0524. The zero-order chi connectivity index (χ0) is 30.8. The van der Waals surface area contributed by atoms with E-state index in [0.29, 0.717) is 19.5 Å². The van der Waals surface area contributed by atoms with Crippen LogP contribution in [0.15, 0.2) is 78.6 Å². The van der Waals surface area contributed by atoms with Gasteiger partial charge in [0.1, 0.15) is 5.60 Å². The van der Waals surface area contributed by atoms with Crippen LogP contribution in [0.2, 0.25) is 0 Å². The molecule has 1 unspecified atom stereocenters. The first-order chi connectivity index (χ1) is 20.4. The van der Waals surface area contributed by atoms with E-state index in [1.807, 2.05) is 36.0 Å². The Morgan fingerprint density at radius 1 is 1.09 bits per heavy atom. The molecule has 0 aliphatic carbocycles. The highest BCUT2D eigenvalue weighted by Gasteiger charge is 2.37. The van der Waals surface area contributed by atoms with Crippen molar-refractivity contribution in [3.05, 3.63) is 84.8 Å². The Kier molecular flexibility index (Phi) is 8.61. The summed E-state index contributed by atoms with van der Waals surface area (Å²) in [6, 6.07) is 16.1. The smallest absolute Gasteiger partial charge is 0.407 e. The number of aromatic nitrogens is 4. The summed E-state index contributed by atoms with van der Waals surface area (Å²) in [7, 11) is -0.324. The first kappa shape index (κ1) is 30.3. The summed E-state index contributed by atoms with van der Waals surface area (Å²) < 4.78 is 38.6. The van der Waals surface area contributed by atoms with Gasteiger partial charge in [0.2, 0.25) is 0 Å². The Bertz CT molecular complexity index is 1680. The molecular formula is C31H39N7O4S. The molecule has 43 heavy (non-hydrogen) atoms. The lowest BCUT2D eigenvalue weighted by Gasteiger charge is -2.40. The van der Waals surface area contributed by atoms with E-state index in [9.17, 15) is 13.2 Å². The van der Waals surface area contributed by atoms with Crippen molar-refractivity contribution in [3.8, 4) is 11.1 Å². The minimum Gasteiger partial charge on any atom is -0.444 e. The second-order valence-electron chi connectivity index (χ2n) is 11.9. The van der Waals surface area contributed by atoms with Crippen LogP contribution in [0.1, 0.15) is 32.0 Å². The fourth-order valence-electron chi connectivity index (χ4n) is 5.34. The number of aryl methyl sites for hydroxylation is 2. The minimum absolute atomic E-state index is 0.0331. The Labute approximate surface area is 253 Å². The number of nitrogens with one attached hydrogen (secondary N) is 1. The first-order valence-corrected chi connectivity index (χ1v) is 15.7. The molecule has 0 bridgehead atoms. The number of rotatable bonds is 9. The molecule has 2 aromatic carbocycles. The fourth-order valence-corrected chi connectivity index (χ4v) is 6.92. The van der Waals surface area contributed by atoms with Crippen molar-refractivity contribution in [2.24, 2.45) is 14.1 Å². The van der Waals surface area contributed by atoms with Crippen LogP contribution in [0.25, 0.3) is 11.1 Å². The number of benzene rings is 2. The van der Waals surface area contributed by atoms with Crippen LogP contribution in [0.5, 0.6) is 0 Å². The third-order valence-corrected chi connectivity index (χ3v) is 9.18. The number of fused-ring (bicyclic) bond motifs is 1. The molecule has 11 nitrogen and oxygen atoms in total. The molecule has 1 aliphatic rings. The maximum Gasteiger partial charge on any atom is 0.407 e. The number of carbonyl (C=O) groups excluding carboxylic acids is 1. The molecule has 1 atom stereocenters. The van der Waals surface area contributed by atoms with E-state index in [-0.39, 0.29) is 18.1 Å². The van der Waals surface area contributed by atoms with E-state index in [0.717, 1.165) is 28.1 Å². The largest absolute Gasteiger partial charge is 0.444 e. The van der Waals surface area contributed by atoms with Gasteiger partial charge in [0, 0.05) is 57.9 Å².